The van der Waals surface area contributed by atoms with Crippen LogP contribution in [0.25, 0.3) is 71.6 Å². The molecule has 0 spiro atoms. The van der Waals surface area contributed by atoms with Gasteiger partial charge in [0.15, 0.2) is 0 Å². The summed E-state index contributed by atoms with van der Waals surface area (Å²) >= 11 is 0. The van der Waals surface area contributed by atoms with E-state index in [-0.39, 0.29) is 0 Å². The lowest BCUT2D eigenvalue weighted by atomic mass is 9.98. The van der Waals surface area contributed by atoms with Crippen molar-refractivity contribution in [2.75, 3.05) is 9.80 Å². The molecule has 1 aromatic heterocycles. The second-order valence-corrected chi connectivity index (χ2v) is 17.0. The SMILES string of the molecule is c1ccc(N(c2ccccc2)c2ccc(-c3ccc4c(c3)c3cc(-c5ccc(N(c6ccccc6)c6ccccc6)cc5)ccc3n4-c3ccc(-c4cccc5ccccc45)cc3)cc2)cc1. The van der Waals surface area contributed by atoms with E-state index >= 15 is 0 Å². The molecule has 0 N–H and O–H groups in total. The molecule has 12 rings (SSSR count). The van der Waals surface area contributed by atoms with E-state index in [9.17, 15) is 0 Å². The molecule has 67 heavy (non-hydrogen) atoms. The van der Waals surface area contributed by atoms with Crippen molar-refractivity contribution in [3.05, 3.63) is 273 Å². The molecular weight excluding hydrogens is 811 g/mol. The molecule has 0 saturated carbocycles. The van der Waals surface area contributed by atoms with Gasteiger partial charge < -0.3 is 14.4 Å². The third-order valence-electron chi connectivity index (χ3n) is 13.0. The number of fused-ring (bicyclic) bond motifs is 4. The Morgan fingerprint density at radius 2 is 0.597 bits per heavy atom. The van der Waals surface area contributed by atoms with E-state index in [1.807, 2.05) is 0 Å². The van der Waals surface area contributed by atoms with E-state index in [1.165, 1.54) is 66.0 Å². The molecule has 0 saturated heterocycles. The summed E-state index contributed by atoms with van der Waals surface area (Å²) in [5.74, 6) is 0. The van der Waals surface area contributed by atoms with Crippen molar-refractivity contribution in [3.8, 4) is 39.1 Å². The molecule has 0 aliphatic carbocycles. The lowest BCUT2D eigenvalue weighted by Gasteiger charge is -2.25. The molecule has 0 radical (unpaired) electrons. The molecule has 0 amide bonds. The van der Waals surface area contributed by atoms with Crippen LogP contribution in [-0.4, -0.2) is 4.57 Å². The first-order chi connectivity index (χ1) is 33.2. The average Bonchev–Trinajstić information content (AvgIpc) is 3.73. The van der Waals surface area contributed by atoms with Gasteiger partial charge in [-0.3, -0.25) is 0 Å². The van der Waals surface area contributed by atoms with Gasteiger partial charge in [0.1, 0.15) is 0 Å². The summed E-state index contributed by atoms with van der Waals surface area (Å²) < 4.78 is 2.42. The number of aromatic nitrogens is 1. The van der Waals surface area contributed by atoms with Crippen molar-refractivity contribution >= 4 is 66.7 Å². The lowest BCUT2D eigenvalue weighted by molar-refractivity contribution is 1.18. The van der Waals surface area contributed by atoms with Crippen LogP contribution in [0.5, 0.6) is 0 Å². The van der Waals surface area contributed by atoms with E-state index < -0.39 is 0 Å². The van der Waals surface area contributed by atoms with Gasteiger partial charge in [0.05, 0.1) is 11.0 Å². The first-order valence-electron chi connectivity index (χ1n) is 22.9. The number of hydrogen-bond donors (Lipinski definition) is 0. The first-order valence-corrected chi connectivity index (χ1v) is 22.9. The summed E-state index contributed by atoms with van der Waals surface area (Å²) in [5.41, 5.74) is 17.3. The summed E-state index contributed by atoms with van der Waals surface area (Å²) in [5, 5.41) is 4.93. The van der Waals surface area contributed by atoms with Gasteiger partial charge in [0.25, 0.3) is 0 Å². The highest BCUT2D eigenvalue weighted by Crippen LogP contribution is 2.41. The molecule has 3 nitrogen and oxygen atoms in total. The summed E-state index contributed by atoms with van der Waals surface area (Å²) in [6, 6.07) is 98.4. The van der Waals surface area contributed by atoms with Gasteiger partial charge in [0.2, 0.25) is 0 Å². The third kappa shape index (κ3) is 7.49. The Morgan fingerprint density at radius 1 is 0.239 bits per heavy atom. The van der Waals surface area contributed by atoms with E-state index in [0.717, 1.165) is 39.8 Å². The molecule has 0 bridgehead atoms. The molecule has 3 heteroatoms. The molecule has 316 valence electrons. The normalized spacial score (nSPS) is 11.3. The van der Waals surface area contributed by atoms with Gasteiger partial charge in [-0.1, -0.05) is 164 Å². The summed E-state index contributed by atoms with van der Waals surface area (Å²) in [7, 11) is 0. The predicted molar refractivity (Wildman–Crippen MR) is 284 cm³/mol. The minimum Gasteiger partial charge on any atom is -0.311 e. The maximum absolute atomic E-state index is 2.42. The molecule has 12 aromatic rings. The summed E-state index contributed by atoms with van der Waals surface area (Å²) in [6.07, 6.45) is 0. The number of nitrogens with zero attached hydrogens (tertiary/aromatic N) is 3. The van der Waals surface area contributed by atoms with Gasteiger partial charge in [-0.15, -0.1) is 0 Å². The zero-order chi connectivity index (χ0) is 44.5. The quantitative estimate of drug-likeness (QED) is 0.136. The maximum atomic E-state index is 2.42. The van der Waals surface area contributed by atoms with Gasteiger partial charge >= 0.3 is 0 Å². The summed E-state index contributed by atoms with van der Waals surface area (Å²) in [6.45, 7) is 0. The largest absolute Gasteiger partial charge is 0.311 e. The lowest BCUT2D eigenvalue weighted by Crippen LogP contribution is -2.09. The van der Waals surface area contributed by atoms with Gasteiger partial charge in [-0.2, -0.15) is 0 Å². The highest BCUT2D eigenvalue weighted by atomic mass is 15.1. The number of anilines is 6. The topological polar surface area (TPSA) is 11.4 Å². The molecule has 0 fully saturated rings. The Balaban J connectivity index is 0.959. The Kier molecular flexibility index (Phi) is 10.2. The van der Waals surface area contributed by atoms with E-state index in [1.54, 1.807) is 0 Å². The zero-order valence-corrected chi connectivity index (χ0v) is 36.8. The van der Waals surface area contributed by atoms with Gasteiger partial charge in [0, 0.05) is 50.6 Å². The van der Waals surface area contributed by atoms with E-state index in [4.69, 9.17) is 0 Å². The first kappa shape index (κ1) is 39.7. The van der Waals surface area contributed by atoms with Crippen LogP contribution in [0.3, 0.4) is 0 Å². The summed E-state index contributed by atoms with van der Waals surface area (Å²) in [4.78, 5) is 4.61. The fourth-order valence-corrected chi connectivity index (χ4v) is 9.74. The smallest absolute Gasteiger partial charge is 0.0541 e. The standard InChI is InChI=1S/C64H45N3/c1-5-18-52(19-6-1)65(53-20-7-2-8-21-53)56-36-28-46(29-37-56)50-34-42-63-61(44-50)62-45-51(47-30-38-57(39-31-47)66(54-22-9-3-10-23-54)55-24-11-4-12-25-55)35-43-64(62)67(63)58-40-32-49(33-41-58)60-27-15-17-48-16-13-14-26-59(48)60/h1-45H. The average molecular weight is 856 g/mol. The Morgan fingerprint density at radius 3 is 1.04 bits per heavy atom. The second-order valence-electron chi connectivity index (χ2n) is 17.0. The van der Waals surface area contributed by atoms with Crippen LogP contribution in [0.1, 0.15) is 0 Å². The maximum Gasteiger partial charge on any atom is 0.0541 e. The van der Waals surface area contributed by atoms with Crippen LogP contribution >= 0.6 is 0 Å². The van der Waals surface area contributed by atoms with Crippen LogP contribution in [0.15, 0.2) is 273 Å². The Hall–Kier alpha value is -8.92. The van der Waals surface area contributed by atoms with E-state index in [0.29, 0.717) is 0 Å². The second kappa shape index (κ2) is 17.2. The van der Waals surface area contributed by atoms with Crippen molar-refractivity contribution in [1.29, 1.82) is 0 Å². The van der Waals surface area contributed by atoms with Crippen molar-refractivity contribution in [2.24, 2.45) is 0 Å². The van der Waals surface area contributed by atoms with Crippen molar-refractivity contribution in [3.63, 3.8) is 0 Å². The molecule has 1 heterocycles. The van der Waals surface area contributed by atoms with Crippen molar-refractivity contribution < 1.29 is 0 Å². The van der Waals surface area contributed by atoms with Crippen LogP contribution in [0.2, 0.25) is 0 Å². The molecule has 0 unspecified atom stereocenters. The van der Waals surface area contributed by atoms with Crippen LogP contribution in [-0.2, 0) is 0 Å². The fraction of sp³-hybridized carbons (Fsp3) is 0. The fourth-order valence-electron chi connectivity index (χ4n) is 9.74. The predicted octanol–water partition coefficient (Wildman–Crippen LogP) is 17.9. The van der Waals surface area contributed by atoms with Crippen LogP contribution in [0, 0.1) is 0 Å². The van der Waals surface area contributed by atoms with Gasteiger partial charge in [-0.05, 0) is 153 Å². The number of benzene rings is 11. The van der Waals surface area contributed by atoms with Crippen LogP contribution < -0.4 is 9.80 Å². The third-order valence-corrected chi connectivity index (χ3v) is 13.0. The van der Waals surface area contributed by atoms with Crippen molar-refractivity contribution in [2.45, 2.75) is 0 Å². The molecular formula is C64H45N3. The minimum absolute atomic E-state index is 1.11. The Labute approximate surface area is 391 Å². The number of hydrogen-bond acceptors (Lipinski definition) is 2. The molecule has 11 aromatic carbocycles. The van der Waals surface area contributed by atoms with Crippen molar-refractivity contribution in [1.82, 2.24) is 4.57 Å². The number of rotatable bonds is 10. The monoisotopic (exact) mass is 855 g/mol. The highest BCUT2D eigenvalue weighted by Gasteiger charge is 2.18. The van der Waals surface area contributed by atoms with Gasteiger partial charge in [-0.25, -0.2) is 0 Å². The molecule has 0 aliphatic rings. The number of para-hydroxylation sites is 4. The molecule has 0 aliphatic heterocycles. The highest BCUT2D eigenvalue weighted by molar-refractivity contribution is 6.12. The van der Waals surface area contributed by atoms with E-state index in [2.05, 4.69) is 287 Å². The Bertz CT molecular complexity index is 3370. The molecule has 0 atom stereocenters. The van der Waals surface area contributed by atoms with Crippen LogP contribution in [0.4, 0.5) is 34.1 Å². The minimum atomic E-state index is 1.11. The zero-order valence-electron chi connectivity index (χ0n) is 36.8.